The molecule has 0 saturated heterocycles. The first-order chi connectivity index (χ1) is 7.92. The predicted octanol–water partition coefficient (Wildman–Crippen LogP) is 3.47. The van der Waals surface area contributed by atoms with E-state index in [1.54, 1.807) is 0 Å². The van der Waals surface area contributed by atoms with Gasteiger partial charge in [0.2, 0.25) is 5.91 Å². The predicted molar refractivity (Wildman–Crippen MR) is 71.6 cm³/mol. The van der Waals surface area contributed by atoms with E-state index in [2.05, 4.69) is 32.9 Å². The van der Waals surface area contributed by atoms with Gasteiger partial charge < -0.3 is 4.90 Å². The van der Waals surface area contributed by atoms with Crippen LogP contribution in [0.5, 0.6) is 0 Å². The Bertz CT molecular complexity index is 351. The molecular formula is C15H23NO. The van der Waals surface area contributed by atoms with Gasteiger partial charge in [0.05, 0.1) is 0 Å². The first-order valence-corrected chi connectivity index (χ1v) is 6.24. The number of carbonyl (C=O) groups is 1. The van der Waals surface area contributed by atoms with Crippen molar-refractivity contribution in [3.05, 3.63) is 35.9 Å². The highest BCUT2D eigenvalue weighted by atomic mass is 16.2. The van der Waals surface area contributed by atoms with Crippen LogP contribution >= 0.6 is 0 Å². The van der Waals surface area contributed by atoms with E-state index < -0.39 is 0 Å². The molecule has 0 unspecified atom stereocenters. The summed E-state index contributed by atoms with van der Waals surface area (Å²) >= 11 is 0. The van der Waals surface area contributed by atoms with Gasteiger partial charge in [-0.05, 0) is 17.9 Å². The fourth-order valence-electron chi connectivity index (χ4n) is 1.75. The quantitative estimate of drug-likeness (QED) is 0.779. The summed E-state index contributed by atoms with van der Waals surface area (Å²) in [4.78, 5) is 14.0. The minimum absolute atomic E-state index is 0.0567. The summed E-state index contributed by atoms with van der Waals surface area (Å²) in [5, 5.41) is 0. The van der Waals surface area contributed by atoms with Crippen molar-refractivity contribution >= 4 is 5.91 Å². The van der Waals surface area contributed by atoms with Crippen LogP contribution in [0, 0.1) is 5.41 Å². The standard InChI is InChI=1S/C15H23NO/c1-5-16(14(17)11-15(2,3)4)12-13-9-7-6-8-10-13/h6-10H,5,11-12H2,1-4H3. The molecule has 1 rings (SSSR count). The largest absolute Gasteiger partial charge is 0.339 e. The van der Waals surface area contributed by atoms with Crippen LogP contribution in [0.25, 0.3) is 0 Å². The van der Waals surface area contributed by atoms with Crippen molar-refractivity contribution in [2.24, 2.45) is 5.41 Å². The van der Waals surface area contributed by atoms with Crippen LogP contribution in [-0.2, 0) is 11.3 Å². The van der Waals surface area contributed by atoms with Gasteiger partial charge in [0.25, 0.3) is 0 Å². The second kappa shape index (κ2) is 5.85. The molecule has 0 N–H and O–H groups in total. The number of benzene rings is 1. The fraction of sp³-hybridized carbons (Fsp3) is 0.533. The normalized spacial score (nSPS) is 11.3. The van der Waals surface area contributed by atoms with Crippen molar-refractivity contribution in [1.29, 1.82) is 0 Å². The van der Waals surface area contributed by atoms with Gasteiger partial charge >= 0.3 is 0 Å². The Hall–Kier alpha value is -1.31. The molecule has 0 bridgehead atoms. The first-order valence-electron chi connectivity index (χ1n) is 6.24. The minimum atomic E-state index is 0.0567. The molecule has 0 aliphatic heterocycles. The second-order valence-corrected chi connectivity index (χ2v) is 5.63. The van der Waals surface area contributed by atoms with Gasteiger partial charge in [-0.3, -0.25) is 4.79 Å². The highest BCUT2D eigenvalue weighted by molar-refractivity contribution is 5.76. The van der Waals surface area contributed by atoms with Gasteiger partial charge in [-0.25, -0.2) is 0 Å². The number of carbonyl (C=O) groups excluding carboxylic acids is 1. The van der Waals surface area contributed by atoms with Gasteiger partial charge in [0, 0.05) is 19.5 Å². The number of rotatable bonds is 4. The molecule has 2 nitrogen and oxygen atoms in total. The second-order valence-electron chi connectivity index (χ2n) is 5.63. The Morgan fingerprint density at radius 2 is 1.76 bits per heavy atom. The third-order valence-electron chi connectivity index (χ3n) is 2.63. The van der Waals surface area contributed by atoms with E-state index in [0.29, 0.717) is 13.0 Å². The van der Waals surface area contributed by atoms with E-state index in [9.17, 15) is 4.79 Å². The van der Waals surface area contributed by atoms with E-state index in [4.69, 9.17) is 0 Å². The Morgan fingerprint density at radius 3 is 2.24 bits per heavy atom. The van der Waals surface area contributed by atoms with E-state index in [1.165, 1.54) is 5.56 Å². The van der Waals surface area contributed by atoms with Crippen LogP contribution < -0.4 is 0 Å². The molecule has 0 fully saturated rings. The average Bonchev–Trinajstić information content (AvgIpc) is 2.24. The lowest BCUT2D eigenvalue weighted by Gasteiger charge is -2.25. The number of hydrogen-bond acceptors (Lipinski definition) is 1. The average molecular weight is 233 g/mol. The molecule has 0 atom stereocenters. The van der Waals surface area contributed by atoms with Gasteiger partial charge in [0.15, 0.2) is 0 Å². The molecule has 0 spiro atoms. The van der Waals surface area contributed by atoms with Crippen LogP contribution in [0.1, 0.15) is 39.7 Å². The lowest BCUT2D eigenvalue weighted by atomic mass is 9.91. The molecule has 17 heavy (non-hydrogen) atoms. The van der Waals surface area contributed by atoms with Crippen LogP contribution in [0.3, 0.4) is 0 Å². The summed E-state index contributed by atoms with van der Waals surface area (Å²) in [6, 6.07) is 10.1. The Balaban J connectivity index is 2.63. The number of amides is 1. The molecule has 1 aromatic carbocycles. The summed E-state index contributed by atoms with van der Waals surface area (Å²) in [5.41, 5.74) is 1.25. The third-order valence-corrected chi connectivity index (χ3v) is 2.63. The Labute approximate surface area is 105 Å². The molecule has 94 valence electrons. The molecule has 1 amide bonds. The lowest BCUT2D eigenvalue weighted by Crippen LogP contribution is -2.32. The Kier molecular flexibility index (Phi) is 4.73. The zero-order chi connectivity index (χ0) is 12.9. The van der Waals surface area contributed by atoms with Crippen molar-refractivity contribution in [1.82, 2.24) is 4.90 Å². The zero-order valence-corrected chi connectivity index (χ0v) is 11.4. The van der Waals surface area contributed by atoms with Crippen molar-refractivity contribution in [2.45, 2.75) is 40.7 Å². The number of nitrogens with zero attached hydrogens (tertiary/aromatic N) is 1. The minimum Gasteiger partial charge on any atom is -0.339 e. The van der Waals surface area contributed by atoms with Crippen LogP contribution in [0.4, 0.5) is 0 Å². The van der Waals surface area contributed by atoms with Gasteiger partial charge in [-0.1, -0.05) is 51.1 Å². The fourth-order valence-corrected chi connectivity index (χ4v) is 1.75. The maximum absolute atomic E-state index is 12.1. The van der Waals surface area contributed by atoms with Gasteiger partial charge in [0.1, 0.15) is 0 Å². The van der Waals surface area contributed by atoms with Gasteiger partial charge in [-0.15, -0.1) is 0 Å². The third kappa shape index (κ3) is 5.03. The summed E-state index contributed by atoms with van der Waals surface area (Å²) < 4.78 is 0. The Morgan fingerprint density at radius 1 is 1.18 bits per heavy atom. The summed E-state index contributed by atoms with van der Waals surface area (Å²) in [5.74, 6) is 0.240. The van der Waals surface area contributed by atoms with E-state index in [1.807, 2.05) is 30.0 Å². The highest BCUT2D eigenvalue weighted by Gasteiger charge is 2.20. The molecule has 0 aliphatic rings. The molecule has 0 radical (unpaired) electrons. The molecule has 1 aromatic rings. The maximum atomic E-state index is 12.1. The van der Waals surface area contributed by atoms with E-state index in [-0.39, 0.29) is 11.3 Å². The van der Waals surface area contributed by atoms with Crippen molar-refractivity contribution in [2.75, 3.05) is 6.54 Å². The van der Waals surface area contributed by atoms with Crippen molar-refractivity contribution in [3.8, 4) is 0 Å². The van der Waals surface area contributed by atoms with Crippen LogP contribution in [0.2, 0.25) is 0 Å². The first kappa shape index (κ1) is 13.8. The lowest BCUT2D eigenvalue weighted by molar-refractivity contribution is -0.133. The van der Waals surface area contributed by atoms with Crippen molar-refractivity contribution < 1.29 is 4.79 Å². The molecule has 0 aromatic heterocycles. The topological polar surface area (TPSA) is 20.3 Å². The monoisotopic (exact) mass is 233 g/mol. The summed E-state index contributed by atoms with van der Waals surface area (Å²) in [7, 11) is 0. The summed E-state index contributed by atoms with van der Waals surface area (Å²) in [6.07, 6.45) is 0.605. The molecule has 0 aliphatic carbocycles. The molecule has 2 heteroatoms. The van der Waals surface area contributed by atoms with Crippen LogP contribution in [0.15, 0.2) is 30.3 Å². The van der Waals surface area contributed by atoms with Crippen LogP contribution in [-0.4, -0.2) is 17.4 Å². The SMILES string of the molecule is CCN(Cc1ccccc1)C(=O)CC(C)(C)C. The molecule has 0 heterocycles. The molecular weight excluding hydrogens is 210 g/mol. The zero-order valence-electron chi connectivity index (χ0n) is 11.4. The van der Waals surface area contributed by atoms with E-state index >= 15 is 0 Å². The maximum Gasteiger partial charge on any atom is 0.223 e. The molecule has 0 saturated carbocycles. The van der Waals surface area contributed by atoms with Crippen molar-refractivity contribution in [3.63, 3.8) is 0 Å². The smallest absolute Gasteiger partial charge is 0.223 e. The highest BCUT2D eigenvalue weighted by Crippen LogP contribution is 2.20. The number of hydrogen-bond donors (Lipinski definition) is 0. The van der Waals surface area contributed by atoms with E-state index in [0.717, 1.165) is 6.54 Å². The summed E-state index contributed by atoms with van der Waals surface area (Å²) in [6.45, 7) is 9.81. The van der Waals surface area contributed by atoms with Gasteiger partial charge in [-0.2, -0.15) is 0 Å².